The van der Waals surface area contributed by atoms with Gasteiger partial charge in [0.1, 0.15) is 11.6 Å². The fourth-order valence-electron chi connectivity index (χ4n) is 5.48. The lowest BCUT2D eigenvalue weighted by Crippen LogP contribution is -2.60. The SMILES string of the molecule is CNC(=O)[C@H]1[C@H]2C(=O)N([C@@H](CO)CC(C)C)C(C(=O)NC(C)(C)C)C23CC(Br)[C@@H]1O3. The Balaban J connectivity index is 2.10. The van der Waals surface area contributed by atoms with E-state index in [0.717, 1.165) is 0 Å². The van der Waals surface area contributed by atoms with Gasteiger partial charge in [0.2, 0.25) is 17.7 Å². The van der Waals surface area contributed by atoms with Gasteiger partial charge in [0.05, 0.1) is 30.6 Å². The summed E-state index contributed by atoms with van der Waals surface area (Å²) in [6, 6.07) is -1.42. The van der Waals surface area contributed by atoms with Gasteiger partial charge in [-0.1, -0.05) is 29.8 Å². The van der Waals surface area contributed by atoms with Crippen LogP contribution in [0.25, 0.3) is 0 Å². The fraction of sp³-hybridized carbons (Fsp3) is 0.857. The van der Waals surface area contributed by atoms with Gasteiger partial charge in [-0.15, -0.1) is 0 Å². The summed E-state index contributed by atoms with van der Waals surface area (Å²) < 4.78 is 6.37. The number of carbonyl (C=O) groups excluding carboxylic acids is 3. The predicted octanol–water partition coefficient (Wildman–Crippen LogP) is 0.802. The number of rotatable bonds is 6. The van der Waals surface area contributed by atoms with Crippen LogP contribution in [0.15, 0.2) is 0 Å². The Morgan fingerprint density at radius 2 is 1.97 bits per heavy atom. The molecule has 7 atom stereocenters. The summed E-state index contributed by atoms with van der Waals surface area (Å²) in [5, 5.41) is 15.8. The normalized spacial score (nSPS) is 36.2. The maximum absolute atomic E-state index is 13.7. The molecule has 3 N–H and O–H groups in total. The quantitative estimate of drug-likeness (QED) is 0.480. The van der Waals surface area contributed by atoms with E-state index in [1.54, 1.807) is 7.05 Å². The van der Waals surface area contributed by atoms with E-state index < -0.39 is 41.2 Å². The first-order valence-electron chi connectivity index (χ1n) is 10.7. The number of aliphatic hydroxyl groups is 1. The van der Waals surface area contributed by atoms with E-state index in [1.807, 2.05) is 34.6 Å². The molecule has 0 aromatic heterocycles. The zero-order chi connectivity index (χ0) is 22.6. The summed E-state index contributed by atoms with van der Waals surface area (Å²) in [7, 11) is 1.54. The standard InChI is InChI=1S/C21H34BrN3O5/c1-10(2)7-11(9-26)25-16(18(28)24-20(3,4)5)21-8-12(22)15(30-21)13(17(27)23-6)14(21)19(25)29/h10-16,26H,7-9H2,1-6H3,(H,23,27)(H,24,28)/t11-,12?,13+,14+,15+,16?,21?/m1/s1. The molecular weight excluding hydrogens is 454 g/mol. The number of hydrogen-bond donors (Lipinski definition) is 3. The Bertz CT molecular complexity index is 724. The number of nitrogens with one attached hydrogen (secondary N) is 2. The molecule has 0 aromatic carbocycles. The first-order valence-corrected chi connectivity index (χ1v) is 11.6. The van der Waals surface area contributed by atoms with E-state index in [2.05, 4.69) is 26.6 Å². The summed E-state index contributed by atoms with van der Waals surface area (Å²) in [6.45, 7) is 9.41. The largest absolute Gasteiger partial charge is 0.394 e. The lowest BCUT2D eigenvalue weighted by Gasteiger charge is -2.38. The number of carbonyl (C=O) groups is 3. The highest BCUT2D eigenvalue weighted by Gasteiger charge is 2.77. The van der Waals surface area contributed by atoms with Crippen molar-refractivity contribution < 1.29 is 24.2 Å². The molecule has 2 bridgehead atoms. The van der Waals surface area contributed by atoms with Crippen LogP contribution in [-0.2, 0) is 19.1 Å². The molecule has 1 spiro atoms. The second-order valence-corrected chi connectivity index (χ2v) is 11.4. The second-order valence-electron chi connectivity index (χ2n) is 10.2. The minimum Gasteiger partial charge on any atom is -0.394 e. The molecule has 0 aliphatic carbocycles. The second kappa shape index (κ2) is 8.06. The van der Waals surface area contributed by atoms with E-state index in [9.17, 15) is 19.5 Å². The predicted molar refractivity (Wildman–Crippen MR) is 115 cm³/mol. The van der Waals surface area contributed by atoms with Crippen molar-refractivity contribution >= 4 is 33.7 Å². The lowest BCUT2D eigenvalue weighted by molar-refractivity contribution is -0.146. The number of hydrogen-bond acceptors (Lipinski definition) is 5. The molecule has 170 valence electrons. The molecule has 3 rings (SSSR count). The van der Waals surface area contributed by atoms with Gasteiger partial charge in [-0.25, -0.2) is 0 Å². The Morgan fingerprint density at radius 1 is 1.33 bits per heavy atom. The Kier molecular flexibility index (Phi) is 6.30. The van der Waals surface area contributed by atoms with E-state index in [4.69, 9.17) is 4.74 Å². The molecule has 3 heterocycles. The monoisotopic (exact) mass is 487 g/mol. The van der Waals surface area contributed by atoms with Crippen molar-refractivity contribution in [1.29, 1.82) is 0 Å². The number of alkyl halides is 1. The molecule has 3 unspecified atom stereocenters. The van der Waals surface area contributed by atoms with Crippen molar-refractivity contribution in [2.24, 2.45) is 17.8 Å². The van der Waals surface area contributed by atoms with Crippen molar-refractivity contribution in [3.05, 3.63) is 0 Å². The highest BCUT2D eigenvalue weighted by atomic mass is 79.9. The van der Waals surface area contributed by atoms with Crippen molar-refractivity contribution in [3.63, 3.8) is 0 Å². The molecule has 3 aliphatic heterocycles. The highest BCUT2D eigenvalue weighted by molar-refractivity contribution is 9.09. The number of halogens is 1. The number of ether oxygens (including phenoxy) is 1. The smallest absolute Gasteiger partial charge is 0.246 e. The molecule has 0 saturated carbocycles. The third-order valence-corrected chi connectivity index (χ3v) is 7.22. The van der Waals surface area contributed by atoms with Crippen LogP contribution in [0.4, 0.5) is 0 Å². The first-order chi connectivity index (χ1) is 13.9. The molecule has 3 aliphatic rings. The van der Waals surface area contributed by atoms with Crippen LogP contribution in [0.2, 0.25) is 0 Å². The maximum atomic E-state index is 13.7. The maximum Gasteiger partial charge on any atom is 0.246 e. The van der Waals surface area contributed by atoms with Crippen LogP contribution in [0.5, 0.6) is 0 Å². The van der Waals surface area contributed by atoms with E-state index in [0.29, 0.717) is 12.8 Å². The van der Waals surface area contributed by atoms with Crippen molar-refractivity contribution in [2.75, 3.05) is 13.7 Å². The molecule has 8 nitrogen and oxygen atoms in total. The molecule has 9 heteroatoms. The van der Waals surface area contributed by atoms with Gasteiger partial charge in [-0.2, -0.15) is 0 Å². The van der Waals surface area contributed by atoms with E-state index >= 15 is 0 Å². The number of likely N-dealkylation sites (tertiary alicyclic amines) is 1. The minimum atomic E-state index is -1.09. The third-order valence-electron chi connectivity index (χ3n) is 6.37. The zero-order valence-corrected chi connectivity index (χ0v) is 20.2. The summed E-state index contributed by atoms with van der Waals surface area (Å²) in [6.07, 6.45) is 0.541. The van der Waals surface area contributed by atoms with Crippen molar-refractivity contribution in [2.45, 2.75) is 81.6 Å². The highest BCUT2D eigenvalue weighted by Crippen LogP contribution is 2.60. The van der Waals surface area contributed by atoms with Gasteiger partial charge in [0.25, 0.3) is 0 Å². The number of aliphatic hydroxyl groups excluding tert-OH is 1. The molecule has 0 aromatic rings. The summed E-state index contributed by atoms with van der Waals surface area (Å²) >= 11 is 3.62. The van der Waals surface area contributed by atoms with Crippen LogP contribution in [0.1, 0.15) is 47.5 Å². The van der Waals surface area contributed by atoms with Crippen molar-refractivity contribution in [3.8, 4) is 0 Å². The van der Waals surface area contributed by atoms with E-state index in [1.165, 1.54) is 4.90 Å². The van der Waals surface area contributed by atoms with Crippen LogP contribution >= 0.6 is 15.9 Å². The summed E-state index contributed by atoms with van der Waals surface area (Å²) in [4.78, 5) is 41.4. The summed E-state index contributed by atoms with van der Waals surface area (Å²) in [5.74, 6) is -2.04. The van der Waals surface area contributed by atoms with Gasteiger partial charge >= 0.3 is 0 Å². The number of fused-ring (bicyclic) bond motifs is 1. The average Bonchev–Trinajstić information content (AvgIpc) is 3.21. The number of amides is 3. The molecule has 0 radical (unpaired) electrons. The molecule has 3 fully saturated rings. The Hall–Kier alpha value is -1.19. The van der Waals surface area contributed by atoms with Crippen LogP contribution in [0.3, 0.4) is 0 Å². The lowest BCUT2D eigenvalue weighted by atomic mass is 9.70. The van der Waals surface area contributed by atoms with Crippen LogP contribution in [0, 0.1) is 17.8 Å². The molecule has 30 heavy (non-hydrogen) atoms. The number of nitrogens with zero attached hydrogens (tertiary/aromatic N) is 1. The van der Waals surface area contributed by atoms with Crippen LogP contribution in [-0.4, -0.2) is 75.5 Å². The van der Waals surface area contributed by atoms with Gasteiger partial charge in [-0.3, -0.25) is 14.4 Å². The molecular formula is C21H34BrN3O5. The Labute approximate surface area is 186 Å². The minimum absolute atomic E-state index is 0.133. The summed E-state index contributed by atoms with van der Waals surface area (Å²) in [5.41, 5.74) is -1.59. The van der Waals surface area contributed by atoms with E-state index in [-0.39, 0.29) is 35.1 Å². The first kappa shape index (κ1) is 23.5. The van der Waals surface area contributed by atoms with Crippen LogP contribution < -0.4 is 10.6 Å². The van der Waals surface area contributed by atoms with Gasteiger partial charge in [-0.05, 0) is 39.5 Å². The molecule has 3 amide bonds. The molecule has 3 saturated heterocycles. The average molecular weight is 488 g/mol. The van der Waals surface area contributed by atoms with Gasteiger partial charge in [0.15, 0.2) is 0 Å². The van der Waals surface area contributed by atoms with Gasteiger partial charge < -0.3 is 25.4 Å². The fourth-order valence-corrected chi connectivity index (χ4v) is 6.43. The third kappa shape index (κ3) is 3.66. The van der Waals surface area contributed by atoms with Crippen molar-refractivity contribution in [1.82, 2.24) is 15.5 Å². The topological polar surface area (TPSA) is 108 Å². The van der Waals surface area contributed by atoms with Gasteiger partial charge in [0, 0.05) is 17.4 Å². The Morgan fingerprint density at radius 3 is 2.47 bits per heavy atom. The zero-order valence-electron chi connectivity index (χ0n) is 18.6.